The van der Waals surface area contributed by atoms with Gasteiger partial charge in [-0.1, -0.05) is 56.1 Å². The number of benzene rings is 2. The van der Waals surface area contributed by atoms with Gasteiger partial charge in [-0.05, 0) is 43.7 Å². The first kappa shape index (κ1) is 27.2. The van der Waals surface area contributed by atoms with Crippen molar-refractivity contribution < 1.29 is 14.3 Å². The van der Waals surface area contributed by atoms with Crippen LogP contribution in [-0.4, -0.2) is 53.4 Å². The van der Waals surface area contributed by atoms with Crippen molar-refractivity contribution in [3.05, 3.63) is 70.4 Å². The molecule has 0 atom stereocenters. The summed E-state index contributed by atoms with van der Waals surface area (Å²) in [5.41, 5.74) is 4.04. The van der Waals surface area contributed by atoms with Gasteiger partial charge in [-0.3, -0.25) is 4.79 Å². The van der Waals surface area contributed by atoms with Crippen molar-refractivity contribution in [2.24, 2.45) is 0 Å². The Balaban J connectivity index is 1.80. The molecule has 9 heteroatoms. The third kappa shape index (κ3) is 7.08. The second-order valence-electron chi connectivity index (χ2n) is 9.77. The van der Waals surface area contributed by atoms with E-state index in [1.807, 2.05) is 50.2 Å². The lowest BCUT2D eigenvalue weighted by atomic mass is 9.92. The number of ether oxygens (including phenoxy) is 1. The molecular weight excluding hydrogens is 478 g/mol. The topological polar surface area (TPSA) is 88.5 Å². The Bertz CT molecular complexity index is 1220. The van der Waals surface area contributed by atoms with Gasteiger partial charge in [0, 0.05) is 35.8 Å². The van der Waals surface area contributed by atoms with Crippen LogP contribution < -0.4 is 10.6 Å². The molecule has 3 aromatic rings. The average Bonchev–Trinajstić information content (AvgIpc) is 3.23. The monoisotopic (exact) mass is 511 g/mol. The fourth-order valence-electron chi connectivity index (χ4n) is 3.40. The van der Waals surface area contributed by atoms with Crippen molar-refractivity contribution in [3.8, 4) is 5.69 Å². The maximum atomic E-state index is 13.1. The lowest BCUT2D eigenvalue weighted by Gasteiger charge is -2.22. The number of carbonyl (C=O) groups excluding carboxylic acids is 2. The molecule has 3 amide bonds. The van der Waals surface area contributed by atoms with E-state index >= 15 is 0 Å². The molecule has 3 rings (SSSR count). The molecule has 0 spiro atoms. The molecule has 0 saturated heterocycles. The van der Waals surface area contributed by atoms with E-state index in [2.05, 4.69) is 31.4 Å². The molecule has 0 aliphatic carbocycles. The number of urea groups is 1. The highest BCUT2D eigenvalue weighted by molar-refractivity contribution is 6.31. The van der Waals surface area contributed by atoms with Crippen LogP contribution in [0, 0.1) is 13.8 Å². The maximum Gasteiger partial charge on any atom is 0.322 e. The second-order valence-corrected chi connectivity index (χ2v) is 10.2. The highest BCUT2D eigenvalue weighted by Crippen LogP contribution is 2.26. The summed E-state index contributed by atoms with van der Waals surface area (Å²) >= 11 is 6.19. The molecule has 0 radical (unpaired) electrons. The molecule has 0 saturated carbocycles. The largest absolute Gasteiger partial charge is 0.383 e. The van der Waals surface area contributed by atoms with Gasteiger partial charge in [0.05, 0.1) is 18.0 Å². The number of hydrogen-bond acceptors (Lipinski definition) is 4. The predicted molar refractivity (Wildman–Crippen MR) is 144 cm³/mol. The summed E-state index contributed by atoms with van der Waals surface area (Å²) in [6.07, 6.45) is 0. The van der Waals surface area contributed by atoms with Gasteiger partial charge in [-0.2, -0.15) is 5.10 Å². The molecule has 1 heterocycles. The highest BCUT2D eigenvalue weighted by atomic mass is 35.5. The number of anilines is 2. The molecule has 0 aliphatic rings. The van der Waals surface area contributed by atoms with E-state index in [-0.39, 0.29) is 31.0 Å². The number of halogens is 1. The predicted octanol–water partition coefficient (Wildman–Crippen LogP) is 5.56. The van der Waals surface area contributed by atoms with Gasteiger partial charge in [-0.15, -0.1) is 0 Å². The number of amides is 3. The van der Waals surface area contributed by atoms with Gasteiger partial charge in [-0.25, -0.2) is 9.48 Å². The Labute approximate surface area is 217 Å². The van der Waals surface area contributed by atoms with Gasteiger partial charge in [0.25, 0.3) is 0 Å². The number of aryl methyl sites for hydroxylation is 2. The zero-order valence-corrected chi connectivity index (χ0v) is 22.4. The fourth-order valence-corrected chi connectivity index (χ4v) is 3.58. The van der Waals surface area contributed by atoms with E-state index < -0.39 is 6.03 Å². The zero-order valence-electron chi connectivity index (χ0n) is 21.7. The van der Waals surface area contributed by atoms with Gasteiger partial charge < -0.3 is 20.3 Å². The molecule has 2 aromatic carbocycles. The van der Waals surface area contributed by atoms with Gasteiger partial charge >= 0.3 is 6.03 Å². The summed E-state index contributed by atoms with van der Waals surface area (Å²) in [6.45, 7) is 10.4. The molecule has 0 unspecified atom stereocenters. The molecule has 36 heavy (non-hydrogen) atoms. The first-order valence-electron chi connectivity index (χ1n) is 11.8. The van der Waals surface area contributed by atoms with Crippen LogP contribution in [0.25, 0.3) is 5.69 Å². The first-order valence-corrected chi connectivity index (χ1v) is 12.1. The summed E-state index contributed by atoms with van der Waals surface area (Å²) in [5, 5.41) is 11.0. The SMILES string of the molecule is COCCN(CC(=O)Nc1cc(C(C)(C)C)nn1-c1ccc(C)cc1)C(=O)Nc1ccc(C)c(Cl)c1. The van der Waals surface area contributed by atoms with Crippen LogP contribution in [0.4, 0.5) is 16.3 Å². The maximum absolute atomic E-state index is 13.1. The third-order valence-electron chi connectivity index (χ3n) is 5.63. The summed E-state index contributed by atoms with van der Waals surface area (Å²) in [5.74, 6) is 0.183. The molecule has 2 N–H and O–H groups in total. The van der Waals surface area contributed by atoms with Crippen LogP contribution in [0.15, 0.2) is 48.5 Å². The summed E-state index contributed by atoms with van der Waals surface area (Å²) in [4.78, 5) is 27.5. The van der Waals surface area contributed by atoms with Crippen LogP contribution in [0.2, 0.25) is 5.02 Å². The average molecular weight is 512 g/mol. The Morgan fingerprint density at radius 3 is 2.36 bits per heavy atom. The number of nitrogens with one attached hydrogen (secondary N) is 2. The normalized spacial score (nSPS) is 11.3. The Morgan fingerprint density at radius 2 is 1.75 bits per heavy atom. The van der Waals surface area contributed by atoms with E-state index in [1.165, 1.54) is 4.90 Å². The number of methoxy groups -OCH3 is 1. The van der Waals surface area contributed by atoms with E-state index in [0.717, 1.165) is 22.5 Å². The number of rotatable bonds is 8. The molecule has 192 valence electrons. The van der Waals surface area contributed by atoms with Crippen molar-refractivity contribution in [1.82, 2.24) is 14.7 Å². The standard InChI is InChI=1S/C27H34ClN5O3/c1-18-7-11-21(12-8-18)33-24(16-23(31-33)27(3,4)5)30-25(34)17-32(13-14-36-6)26(35)29-20-10-9-19(2)22(28)15-20/h7-12,15-16H,13-14,17H2,1-6H3,(H,29,35)(H,30,34). The van der Waals surface area contributed by atoms with Crippen molar-refractivity contribution >= 4 is 35.0 Å². The number of aromatic nitrogens is 2. The fraction of sp³-hybridized carbons (Fsp3) is 0.370. The Kier molecular flexibility index (Phi) is 8.76. The van der Waals surface area contributed by atoms with Crippen molar-refractivity contribution in [3.63, 3.8) is 0 Å². The Hall–Kier alpha value is -3.36. The highest BCUT2D eigenvalue weighted by Gasteiger charge is 2.23. The molecular formula is C27H34ClN5O3. The van der Waals surface area contributed by atoms with Gasteiger partial charge in [0.2, 0.25) is 5.91 Å². The van der Waals surface area contributed by atoms with Crippen LogP contribution in [0.3, 0.4) is 0 Å². The van der Waals surface area contributed by atoms with Crippen LogP contribution in [0.5, 0.6) is 0 Å². The Morgan fingerprint density at radius 1 is 1.06 bits per heavy atom. The summed E-state index contributed by atoms with van der Waals surface area (Å²) < 4.78 is 6.86. The molecule has 0 fully saturated rings. The lowest BCUT2D eigenvalue weighted by molar-refractivity contribution is -0.116. The molecule has 8 nitrogen and oxygen atoms in total. The van der Waals surface area contributed by atoms with Crippen LogP contribution in [-0.2, 0) is 14.9 Å². The molecule has 0 bridgehead atoms. The second kappa shape index (κ2) is 11.6. The minimum Gasteiger partial charge on any atom is -0.383 e. The number of carbonyl (C=O) groups is 2. The zero-order chi connectivity index (χ0) is 26.5. The van der Waals surface area contributed by atoms with Gasteiger partial charge in [0.15, 0.2) is 0 Å². The molecule has 1 aromatic heterocycles. The van der Waals surface area contributed by atoms with Crippen LogP contribution >= 0.6 is 11.6 Å². The third-order valence-corrected chi connectivity index (χ3v) is 6.04. The molecule has 0 aliphatic heterocycles. The van der Waals surface area contributed by atoms with E-state index in [9.17, 15) is 9.59 Å². The number of hydrogen-bond donors (Lipinski definition) is 2. The first-order chi connectivity index (χ1) is 17.0. The van der Waals surface area contributed by atoms with E-state index in [1.54, 1.807) is 23.9 Å². The van der Waals surface area contributed by atoms with Crippen LogP contribution in [0.1, 0.15) is 37.6 Å². The summed E-state index contributed by atoms with van der Waals surface area (Å²) in [7, 11) is 1.55. The van der Waals surface area contributed by atoms with E-state index in [4.69, 9.17) is 21.4 Å². The van der Waals surface area contributed by atoms with E-state index in [0.29, 0.717) is 16.5 Å². The quantitative estimate of drug-likeness (QED) is 0.414. The van der Waals surface area contributed by atoms with Gasteiger partial charge in [0.1, 0.15) is 12.4 Å². The van der Waals surface area contributed by atoms with Crippen molar-refractivity contribution in [2.45, 2.75) is 40.0 Å². The summed E-state index contributed by atoms with van der Waals surface area (Å²) in [6, 6.07) is 14.6. The lowest BCUT2D eigenvalue weighted by Crippen LogP contribution is -2.42. The van der Waals surface area contributed by atoms with Crippen molar-refractivity contribution in [1.29, 1.82) is 0 Å². The van der Waals surface area contributed by atoms with Crippen molar-refractivity contribution in [2.75, 3.05) is 37.4 Å². The number of nitrogens with zero attached hydrogens (tertiary/aromatic N) is 3. The minimum absolute atomic E-state index is 0.168. The smallest absolute Gasteiger partial charge is 0.322 e. The minimum atomic E-state index is -0.426.